The van der Waals surface area contributed by atoms with Gasteiger partial charge in [0.25, 0.3) is 0 Å². The van der Waals surface area contributed by atoms with Gasteiger partial charge in [-0.15, -0.1) is 11.3 Å². The molecule has 1 aliphatic carbocycles. The van der Waals surface area contributed by atoms with Crippen LogP contribution in [0.5, 0.6) is 0 Å². The highest BCUT2D eigenvalue weighted by molar-refractivity contribution is 7.98. The molecule has 3 nitrogen and oxygen atoms in total. The van der Waals surface area contributed by atoms with Crippen molar-refractivity contribution in [2.45, 2.75) is 30.2 Å². The van der Waals surface area contributed by atoms with Gasteiger partial charge in [-0.3, -0.25) is 0 Å². The molecule has 0 spiro atoms. The van der Waals surface area contributed by atoms with Crippen molar-refractivity contribution in [1.82, 2.24) is 9.97 Å². The average molecular weight is 313 g/mol. The molecular weight excluding hydrogens is 298 g/mol. The van der Waals surface area contributed by atoms with Gasteiger partial charge in [-0.2, -0.15) is 0 Å². The number of thioether (sulfide) groups is 1. The maximum Gasteiger partial charge on any atom is 0.191 e. The number of aryl methyl sites for hydroxylation is 2. The van der Waals surface area contributed by atoms with Crippen molar-refractivity contribution in [3.05, 3.63) is 46.3 Å². The molecule has 4 rings (SSSR count). The van der Waals surface area contributed by atoms with Crippen molar-refractivity contribution >= 4 is 39.1 Å². The molecule has 3 aromatic rings. The van der Waals surface area contributed by atoms with E-state index in [1.807, 2.05) is 6.07 Å². The Balaban J connectivity index is 1.65. The number of nitrogen functional groups attached to an aromatic ring is 1. The number of thiophene rings is 1. The van der Waals surface area contributed by atoms with Crippen LogP contribution in [0.2, 0.25) is 0 Å². The molecule has 1 aliphatic rings. The summed E-state index contributed by atoms with van der Waals surface area (Å²) in [7, 11) is 0. The third-order valence-corrected chi connectivity index (χ3v) is 5.89. The fourth-order valence-electron chi connectivity index (χ4n) is 2.79. The zero-order valence-corrected chi connectivity index (χ0v) is 13.1. The van der Waals surface area contributed by atoms with E-state index in [1.165, 1.54) is 28.8 Å². The van der Waals surface area contributed by atoms with Gasteiger partial charge in [0.05, 0.1) is 5.39 Å². The molecule has 21 heavy (non-hydrogen) atoms. The molecule has 2 heterocycles. The van der Waals surface area contributed by atoms with E-state index in [9.17, 15) is 0 Å². The lowest BCUT2D eigenvalue weighted by molar-refractivity contribution is 0.916. The Bertz CT molecular complexity index is 796. The summed E-state index contributed by atoms with van der Waals surface area (Å²) < 4.78 is 0. The minimum atomic E-state index is 0.648. The van der Waals surface area contributed by atoms with E-state index >= 15 is 0 Å². The van der Waals surface area contributed by atoms with Crippen molar-refractivity contribution in [1.29, 1.82) is 0 Å². The molecule has 0 atom stereocenters. The lowest BCUT2D eigenvalue weighted by Crippen LogP contribution is -1.96. The van der Waals surface area contributed by atoms with E-state index in [4.69, 9.17) is 10.7 Å². The zero-order valence-electron chi connectivity index (χ0n) is 11.5. The van der Waals surface area contributed by atoms with Crippen LogP contribution in [-0.4, -0.2) is 9.97 Å². The summed E-state index contributed by atoms with van der Waals surface area (Å²) in [6.45, 7) is 0. The molecule has 1 aromatic carbocycles. The first-order chi connectivity index (χ1) is 10.3. The molecule has 0 unspecified atom stereocenters. The maximum absolute atomic E-state index is 6.19. The summed E-state index contributed by atoms with van der Waals surface area (Å²) >= 11 is 3.44. The number of nitrogens with zero attached hydrogens (tertiary/aromatic N) is 2. The summed E-state index contributed by atoms with van der Waals surface area (Å²) in [4.78, 5) is 11.7. The van der Waals surface area contributed by atoms with E-state index in [0.29, 0.717) is 5.82 Å². The molecule has 5 heteroatoms. The van der Waals surface area contributed by atoms with Crippen molar-refractivity contribution in [2.24, 2.45) is 0 Å². The summed E-state index contributed by atoms with van der Waals surface area (Å²) in [6, 6.07) is 10.4. The average Bonchev–Trinajstić information content (AvgIpc) is 3.06. The fourth-order valence-corrected chi connectivity index (χ4v) is 4.92. The van der Waals surface area contributed by atoms with Crippen LogP contribution in [0, 0.1) is 0 Å². The smallest absolute Gasteiger partial charge is 0.191 e. The molecule has 0 radical (unpaired) electrons. The van der Waals surface area contributed by atoms with Gasteiger partial charge in [0.15, 0.2) is 5.16 Å². The summed E-state index contributed by atoms with van der Waals surface area (Å²) in [5, 5.41) is 1.89. The van der Waals surface area contributed by atoms with Crippen molar-refractivity contribution in [3.63, 3.8) is 0 Å². The Morgan fingerprint density at radius 2 is 2.00 bits per heavy atom. The van der Waals surface area contributed by atoms with Gasteiger partial charge < -0.3 is 5.73 Å². The van der Waals surface area contributed by atoms with Crippen LogP contribution in [-0.2, 0) is 18.6 Å². The number of hydrogen-bond acceptors (Lipinski definition) is 5. The number of aromatic nitrogens is 2. The Hall–Kier alpha value is -1.59. The van der Waals surface area contributed by atoms with Crippen LogP contribution in [0.1, 0.15) is 22.4 Å². The van der Waals surface area contributed by atoms with Crippen molar-refractivity contribution in [2.75, 3.05) is 5.73 Å². The SMILES string of the molecule is Nc1nc(SCc2ccccc2)nc2sc3c(c12)CCC3. The molecule has 0 fully saturated rings. The Morgan fingerprint density at radius 3 is 2.86 bits per heavy atom. The van der Waals surface area contributed by atoms with Gasteiger partial charge >= 0.3 is 0 Å². The number of nitrogens with two attached hydrogens (primary N) is 1. The first-order valence-electron chi connectivity index (χ1n) is 7.06. The third-order valence-electron chi connectivity index (χ3n) is 3.78. The topological polar surface area (TPSA) is 51.8 Å². The molecular formula is C16H15N3S2. The Labute approximate surface area is 131 Å². The standard InChI is InChI=1S/C16H15N3S2/c17-14-13-11-7-4-8-12(11)21-15(13)19-16(18-14)20-9-10-5-2-1-3-6-10/h1-3,5-6H,4,7-9H2,(H2,17,18,19). The Kier molecular flexibility index (Phi) is 3.31. The van der Waals surface area contributed by atoms with Gasteiger partial charge in [0.2, 0.25) is 0 Å². The molecule has 106 valence electrons. The predicted octanol–water partition coefficient (Wildman–Crippen LogP) is 4.05. The first-order valence-corrected chi connectivity index (χ1v) is 8.86. The molecule has 0 saturated heterocycles. The molecule has 2 aromatic heterocycles. The molecule has 0 aliphatic heterocycles. The number of benzene rings is 1. The highest BCUT2D eigenvalue weighted by Crippen LogP contribution is 2.39. The monoisotopic (exact) mass is 313 g/mol. The van der Waals surface area contributed by atoms with Gasteiger partial charge in [0, 0.05) is 10.6 Å². The summed E-state index contributed by atoms with van der Waals surface area (Å²) in [5.74, 6) is 1.52. The summed E-state index contributed by atoms with van der Waals surface area (Å²) in [5.41, 5.74) is 8.86. The zero-order chi connectivity index (χ0) is 14.2. The quantitative estimate of drug-likeness (QED) is 0.585. The molecule has 0 saturated carbocycles. The number of anilines is 1. The number of hydrogen-bond donors (Lipinski definition) is 1. The molecule has 0 amide bonds. The highest BCUT2D eigenvalue weighted by Gasteiger charge is 2.21. The van der Waals surface area contributed by atoms with E-state index in [0.717, 1.165) is 27.5 Å². The van der Waals surface area contributed by atoms with Crippen LogP contribution in [0.25, 0.3) is 10.2 Å². The van der Waals surface area contributed by atoms with Crippen LogP contribution in [0.3, 0.4) is 0 Å². The van der Waals surface area contributed by atoms with Gasteiger partial charge in [-0.05, 0) is 30.4 Å². The fraction of sp³-hybridized carbons (Fsp3) is 0.250. The Morgan fingerprint density at radius 1 is 1.14 bits per heavy atom. The summed E-state index contributed by atoms with van der Waals surface area (Å²) in [6.07, 6.45) is 3.53. The van der Waals surface area contributed by atoms with E-state index in [-0.39, 0.29) is 0 Å². The van der Waals surface area contributed by atoms with Gasteiger partial charge in [-0.25, -0.2) is 9.97 Å². The minimum Gasteiger partial charge on any atom is -0.383 e. The predicted molar refractivity (Wildman–Crippen MR) is 89.9 cm³/mol. The maximum atomic E-state index is 6.19. The van der Waals surface area contributed by atoms with Crippen LogP contribution in [0.4, 0.5) is 5.82 Å². The van der Waals surface area contributed by atoms with Crippen LogP contribution >= 0.6 is 23.1 Å². The second-order valence-corrected chi connectivity index (χ2v) is 7.23. The first kappa shape index (κ1) is 13.1. The van der Waals surface area contributed by atoms with E-state index in [2.05, 4.69) is 29.2 Å². The highest BCUT2D eigenvalue weighted by atomic mass is 32.2. The lowest BCUT2D eigenvalue weighted by atomic mass is 10.2. The molecule has 0 bridgehead atoms. The van der Waals surface area contributed by atoms with Crippen LogP contribution < -0.4 is 5.73 Å². The largest absolute Gasteiger partial charge is 0.383 e. The number of rotatable bonds is 3. The normalized spacial score (nSPS) is 13.7. The second kappa shape index (κ2) is 5.31. The van der Waals surface area contributed by atoms with Gasteiger partial charge in [0.1, 0.15) is 10.6 Å². The third kappa shape index (κ3) is 2.40. The molecule has 2 N–H and O–H groups in total. The lowest BCUT2D eigenvalue weighted by Gasteiger charge is -2.04. The van der Waals surface area contributed by atoms with E-state index in [1.54, 1.807) is 23.1 Å². The van der Waals surface area contributed by atoms with Crippen LogP contribution in [0.15, 0.2) is 35.5 Å². The van der Waals surface area contributed by atoms with Crippen molar-refractivity contribution in [3.8, 4) is 0 Å². The van der Waals surface area contributed by atoms with E-state index < -0.39 is 0 Å². The number of fused-ring (bicyclic) bond motifs is 3. The minimum absolute atomic E-state index is 0.648. The van der Waals surface area contributed by atoms with Gasteiger partial charge in [-0.1, -0.05) is 42.1 Å². The van der Waals surface area contributed by atoms with Crippen molar-refractivity contribution < 1.29 is 0 Å². The second-order valence-electron chi connectivity index (χ2n) is 5.20.